The number of carbonyl (C=O) groups is 1. The van der Waals surface area contributed by atoms with E-state index in [1.807, 2.05) is 0 Å². The van der Waals surface area contributed by atoms with Gasteiger partial charge in [-0.15, -0.1) is 11.3 Å². The molecule has 28 heavy (non-hydrogen) atoms. The Morgan fingerprint density at radius 1 is 1.11 bits per heavy atom. The highest BCUT2D eigenvalue weighted by Gasteiger charge is 2.30. The number of hydrogen-bond acceptors (Lipinski definition) is 4. The molecule has 1 aromatic heterocycles. The first kappa shape index (κ1) is 20.4. The van der Waals surface area contributed by atoms with Crippen molar-refractivity contribution in [1.29, 1.82) is 0 Å². The van der Waals surface area contributed by atoms with Crippen LogP contribution in [0.5, 0.6) is 0 Å². The molecule has 4 nitrogen and oxygen atoms in total. The molecule has 1 aromatic rings. The zero-order valence-corrected chi connectivity index (χ0v) is 18.6. The summed E-state index contributed by atoms with van der Waals surface area (Å²) >= 11 is 1.70. The molecular formula is C23H37N3OS. The van der Waals surface area contributed by atoms with E-state index in [1.54, 1.807) is 11.3 Å². The van der Waals surface area contributed by atoms with Crippen molar-refractivity contribution in [2.45, 2.75) is 64.3 Å². The molecule has 156 valence electrons. The molecule has 0 N–H and O–H groups in total. The predicted octanol–water partition coefficient (Wildman–Crippen LogP) is 3.90. The van der Waals surface area contributed by atoms with Gasteiger partial charge < -0.3 is 14.7 Å². The first-order valence-corrected chi connectivity index (χ1v) is 12.3. The molecule has 0 saturated carbocycles. The molecule has 5 heteroatoms. The van der Waals surface area contributed by atoms with Gasteiger partial charge in [0.15, 0.2) is 0 Å². The van der Waals surface area contributed by atoms with Crippen molar-refractivity contribution in [2.24, 2.45) is 5.92 Å². The summed E-state index contributed by atoms with van der Waals surface area (Å²) in [5.41, 5.74) is 2.82. The van der Waals surface area contributed by atoms with Gasteiger partial charge in [0.1, 0.15) is 0 Å². The Kier molecular flexibility index (Phi) is 6.74. The van der Waals surface area contributed by atoms with E-state index in [4.69, 9.17) is 0 Å². The largest absolute Gasteiger partial charge is 0.338 e. The van der Waals surface area contributed by atoms with Gasteiger partial charge in [0.2, 0.25) is 0 Å². The van der Waals surface area contributed by atoms with E-state index in [0.29, 0.717) is 11.8 Å². The highest BCUT2D eigenvalue weighted by Crippen LogP contribution is 2.31. The lowest BCUT2D eigenvalue weighted by Crippen LogP contribution is -2.48. The summed E-state index contributed by atoms with van der Waals surface area (Å²) in [7, 11) is 2.24. The second kappa shape index (κ2) is 9.27. The van der Waals surface area contributed by atoms with Crippen molar-refractivity contribution >= 4 is 17.2 Å². The highest BCUT2D eigenvalue weighted by molar-refractivity contribution is 7.12. The predicted molar refractivity (Wildman–Crippen MR) is 117 cm³/mol. The van der Waals surface area contributed by atoms with E-state index < -0.39 is 0 Å². The van der Waals surface area contributed by atoms with Crippen LogP contribution in [0.2, 0.25) is 0 Å². The van der Waals surface area contributed by atoms with Gasteiger partial charge in [-0.25, -0.2) is 0 Å². The Morgan fingerprint density at radius 3 is 2.54 bits per heavy atom. The van der Waals surface area contributed by atoms with Crippen LogP contribution in [0.1, 0.15) is 66.2 Å². The van der Waals surface area contributed by atoms with Gasteiger partial charge in [-0.1, -0.05) is 0 Å². The Balaban J connectivity index is 1.31. The Bertz CT molecular complexity index is 657. The molecule has 0 unspecified atom stereocenters. The van der Waals surface area contributed by atoms with Crippen molar-refractivity contribution in [1.82, 2.24) is 14.7 Å². The molecular weight excluding hydrogens is 366 g/mol. The third-order valence-electron chi connectivity index (χ3n) is 7.30. The van der Waals surface area contributed by atoms with Gasteiger partial charge in [-0.3, -0.25) is 4.79 Å². The molecule has 3 heterocycles. The molecule has 0 radical (unpaired) electrons. The average molecular weight is 404 g/mol. The first-order chi connectivity index (χ1) is 13.7. The Morgan fingerprint density at radius 2 is 1.82 bits per heavy atom. The summed E-state index contributed by atoms with van der Waals surface area (Å²) in [6, 6.07) is 0.790. The van der Waals surface area contributed by atoms with Crippen LogP contribution in [-0.2, 0) is 12.8 Å². The number of thiophene rings is 1. The number of carbonyl (C=O) groups excluding carboxylic acids is 1. The van der Waals surface area contributed by atoms with Crippen molar-refractivity contribution in [3.8, 4) is 0 Å². The van der Waals surface area contributed by atoms with Gasteiger partial charge in [-0.2, -0.15) is 0 Å². The molecule has 0 bridgehead atoms. The number of hydrogen-bond donors (Lipinski definition) is 0. The molecule has 0 atom stereocenters. The van der Waals surface area contributed by atoms with Crippen LogP contribution in [0.25, 0.3) is 0 Å². The van der Waals surface area contributed by atoms with E-state index in [2.05, 4.69) is 34.1 Å². The van der Waals surface area contributed by atoms with Crippen LogP contribution < -0.4 is 0 Å². The molecule has 0 aromatic carbocycles. The first-order valence-electron chi connectivity index (χ1n) is 11.5. The second-order valence-corrected chi connectivity index (χ2v) is 10.0. The fourth-order valence-corrected chi connectivity index (χ4v) is 6.50. The lowest BCUT2D eigenvalue weighted by atomic mass is 9.92. The summed E-state index contributed by atoms with van der Waals surface area (Å²) < 4.78 is 0. The van der Waals surface area contributed by atoms with Gasteiger partial charge in [-0.05, 0) is 114 Å². The molecule has 3 aliphatic rings. The van der Waals surface area contributed by atoms with Crippen molar-refractivity contribution in [3.63, 3.8) is 0 Å². The monoisotopic (exact) mass is 403 g/mol. The summed E-state index contributed by atoms with van der Waals surface area (Å²) in [4.78, 5) is 21.6. The maximum Gasteiger partial charge on any atom is 0.264 e. The van der Waals surface area contributed by atoms with Gasteiger partial charge >= 0.3 is 0 Å². The maximum absolute atomic E-state index is 13.2. The normalized spacial score (nSPS) is 22.9. The van der Waals surface area contributed by atoms with E-state index in [0.717, 1.165) is 30.4 Å². The lowest BCUT2D eigenvalue weighted by molar-refractivity contribution is 0.0613. The van der Waals surface area contributed by atoms with Crippen LogP contribution >= 0.6 is 11.3 Å². The zero-order valence-electron chi connectivity index (χ0n) is 17.8. The molecule has 0 spiro atoms. The minimum atomic E-state index is 0.299. The van der Waals surface area contributed by atoms with Crippen LogP contribution in [0, 0.1) is 5.92 Å². The standard InChI is InChI=1S/C23H37N3OS/c1-3-25(23(27)22-21-7-5-4-6-19(21)17-28-22)16-18-8-14-26(15-9-18)20-10-12-24(2)13-11-20/h17-18,20H,3-16H2,1-2H3. The topological polar surface area (TPSA) is 26.8 Å². The summed E-state index contributed by atoms with van der Waals surface area (Å²) in [6.07, 6.45) is 9.94. The fraction of sp³-hybridized carbons (Fsp3) is 0.783. The van der Waals surface area contributed by atoms with Gasteiger partial charge in [0.05, 0.1) is 4.88 Å². The minimum Gasteiger partial charge on any atom is -0.338 e. The average Bonchev–Trinajstić information content (AvgIpc) is 3.17. The van der Waals surface area contributed by atoms with Crippen molar-refractivity contribution in [3.05, 3.63) is 21.4 Å². The van der Waals surface area contributed by atoms with E-state index >= 15 is 0 Å². The third-order valence-corrected chi connectivity index (χ3v) is 8.36. The van der Waals surface area contributed by atoms with Crippen LogP contribution in [0.4, 0.5) is 0 Å². The van der Waals surface area contributed by atoms with Crippen molar-refractivity contribution < 1.29 is 4.79 Å². The van der Waals surface area contributed by atoms with Crippen molar-refractivity contribution in [2.75, 3.05) is 46.3 Å². The Hall–Kier alpha value is -0.910. The van der Waals surface area contributed by atoms with Crippen LogP contribution in [0.3, 0.4) is 0 Å². The molecule has 2 fully saturated rings. The van der Waals surface area contributed by atoms with E-state index in [-0.39, 0.29) is 0 Å². The van der Waals surface area contributed by atoms with Crippen LogP contribution in [0.15, 0.2) is 5.38 Å². The number of rotatable bonds is 5. The summed E-state index contributed by atoms with van der Waals surface area (Å²) in [5, 5.41) is 2.25. The maximum atomic E-state index is 13.2. The number of fused-ring (bicyclic) bond motifs is 1. The van der Waals surface area contributed by atoms with Gasteiger partial charge in [0.25, 0.3) is 5.91 Å². The summed E-state index contributed by atoms with van der Waals surface area (Å²) in [5.74, 6) is 0.968. The third kappa shape index (κ3) is 4.47. The lowest BCUT2D eigenvalue weighted by Gasteiger charge is -2.41. The van der Waals surface area contributed by atoms with E-state index in [9.17, 15) is 4.79 Å². The molecule has 2 saturated heterocycles. The molecule has 2 aliphatic heterocycles. The minimum absolute atomic E-state index is 0.299. The van der Waals surface area contributed by atoms with Gasteiger partial charge in [0, 0.05) is 19.1 Å². The molecule has 4 rings (SSSR count). The number of amides is 1. The van der Waals surface area contributed by atoms with E-state index in [1.165, 1.54) is 82.3 Å². The zero-order chi connectivity index (χ0) is 19.5. The highest BCUT2D eigenvalue weighted by atomic mass is 32.1. The summed E-state index contributed by atoms with van der Waals surface area (Å²) in [6.45, 7) is 8.86. The molecule has 1 aliphatic carbocycles. The number of piperidine rings is 2. The quantitative estimate of drug-likeness (QED) is 0.746. The second-order valence-electron chi connectivity index (χ2n) is 9.13. The number of aryl methyl sites for hydroxylation is 1. The fourth-order valence-electron chi connectivity index (χ4n) is 5.37. The Labute approximate surface area is 174 Å². The number of nitrogens with zero attached hydrogens (tertiary/aromatic N) is 3. The smallest absolute Gasteiger partial charge is 0.264 e. The van der Waals surface area contributed by atoms with Crippen LogP contribution in [-0.4, -0.2) is 73.0 Å². The molecule has 1 amide bonds. The SMILES string of the molecule is CCN(CC1CCN(C2CCN(C)CC2)CC1)C(=O)c1scc2c1CCCC2. The number of likely N-dealkylation sites (tertiary alicyclic amines) is 2.